The van der Waals surface area contributed by atoms with Crippen LogP contribution in [0.15, 0.2) is 24.3 Å². The average Bonchev–Trinajstić information content (AvgIpc) is 2.50. The minimum Gasteiger partial charge on any atom is -0.378 e. The molecule has 1 heterocycles. The first kappa shape index (κ1) is 16.8. The quantitative estimate of drug-likeness (QED) is 0.615. The van der Waals surface area contributed by atoms with Gasteiger partial charge in [-0.1, -0.05) is 11.6 Å². The van der Waals surface area contributed by atoms with Gasteiger partial charge >= 0.3 is 5.69 Å². The molecule has 122 valence electrons. The molecule has 0 aliphatic carbocycles. The van der Waals surface area contributed by atoms with Crippen molar-refractivity contribution in [2.45, 2.75) is 13.8 Å². The van der Waals surface area contributed by atoms with Crippen LogP contribution in [0.4, 0.5) is 29.0 Å². The lowest BCUT2D eigenvalue weighted by atomic mass is 10.3. The zero-order valence-electron chi connectivity index (χ0n) is 12.8. The molecule has 8 nitrogen and oxygen atoms in total. The summed E-state index contributed by atoms with van der Waals surface area (Å²) >= 11 is 5.84. The van der Waals surface area contributed by atoms with E-state index < -0.39 is 4.92 Å². The predicted octanol–water partition coefficient (Wildman–Crippen LogP) is 3.21. The molecular formula is C14H17ClN6O2. The summed E-state index contributed by atoms with van der Waals surface area (Å²) < 4.78 is 0. The first-order valence-electron chi connectivity index (χ1n) is 7.05. The molecule has 0 unspecified atom stereocenters. The molecule has 0 bridgehead atoms. The van der Waals surface area contributed by atoms with E-state index in [-0.39, 0.29) is 17.3 Å². The second-order valence-corrected chi connectivity index (χ2v) is 5.10. The Morgan fingerprint density at radius 1 is 1.26 bits per heavy atom. The van der Waals surface area contributed by atoms with Gasteiger partial charge in [-0.2, -0.15) is 9.97 Å². The van der Waals surface area contributed by atoms with Crippen LogP contribution in [0.1, 0.15) is 13.8 Å². The van der Waals surface area contributed by atoms with Crippen molar-refractivity contribution in [2.75, 3.05) is 29.0 Å². The van der Waals surface area contributed by atoms with Crippen molar-refractivity contribution in [3.63, 3.8) is 0 Å². The Labute approximate surface area is 138 Å². The molecule has 0 atom stereocenters. The van der Waals surface area contributed by atoms with Gasteiger partial charge in [0.2, 0.25) is 17.6 Å². The molecule has 1 aromatic carbocycles. The largest absolute Gasteiger partial charge is 0.378 e. The number of anilines is 4. The number of hydrogen-bond acceptors (Lipinski definition) is 7. The van der Waals surface area contributed by atoms with Crippen LogP contribution >= 0.6 is 11.6 Å². The molecule has 9 heteroatoms. The van der Waals surface area contributed by atoms with Crippen LogP contribution in [0.3, 0.4) is 0 Å². The fourth-order valence-electron chi connectivity index (χ4n) is 2.04. The fourth-order valence-corrected chi connectivity index (χ4v) is 2.17. The molecule has 0 aliphatic rings. The van der Waals surface area contributed by atoms with E-state index in [2.05, 4.69) is 15.3 Å². The Balaban J connectivity index is 2.49. The lowest BCUT2D eigenvalue weighted by Gasteiger charge is -2.19. The Kier molecular flexibility index (Phi) is 5.17. The van der Waals surface area contributed by atoms with Gasteiger partial charge in [0.05, 0.1) is 4.92 Å². The van der Waals surface area contributed by atoms with Crippen LogP contribution in [-0.2, 0) is 0 Å². The predicted molar refractivity (Wildman–Crippen MR) is 91.4 cm³/mol. The minimum atomic E-state index is -0.598. The summed E-state index contributed by atoms with van der Waals surface area (Å²) in [5.74, 6) is 0.213. The summed E-state index contributed by atoms with van der Waals surface area (Å²) in [7, 11) is 0. The van der Waals surface area contributed by atoms with Gasteiger partial charge < -0.3 is 16.0 Å². The minimum absolute atomic E-state index is 0.0479. The third-order valence-electron chi connectivity index (χ3n) is 3.23. The normalized spacial score (nSPS) is 10.4. The number of rotatable bonds is 6. The summed E-state index contributed by atoms with van der Waals surface area (Å²) in [5.41, 5.74) is 6.03. The maximum absolute atomic E-state index is 11.3. The number of nitrogens with one attached hydrogen (secondary N) is 1. The number of aromatic nitrogens is 2. The molecule has 0 saturated heterocycles. The highest BCUT2D eigenvalue weighted by Crippen LogP contribution is 2.32. The zero-order valence-corrected chi connectivity index (χ0v) is 13.5. The summed E-state index contributed by atoms with van der Waals surface area (Å²) in [5, 5.41) is 14.8. The molecule has 1 aromatic heterocycles. The van der Waals surface area contributed by atoms with Gasteiger partial charge in [-0.05, 0) is 38.1 Å². The van der Waals surface area contributed by atoms with Gasteiger partial charge in [0.1, 0.15) is 0 Å². The van der Waals surface area contributed by atoms with E-state index in [0.29, 0.717) is 29.7 Å². The van der Waals surface area contributed by atoms with Gasteiger partial charge in [0.25, 0.3) is 0 Å². The SMILES string of the molecule is CCN(CC)c1nc(N)c([N+](=O)[O-])c(Nc2ccc(Cl)cc2)n1. The number of nitro groups is 1. The number of benzene rings is 1. The van der Waals surface area contributed by atoms with Gasteiger partial charge in [-0.15, -0.1) is 0 Å². The molecular weight excluding hydrogens is 320 g/mol. The summed E-state index contributed by atoms with van der Waals surface area (Å²) in [4.78, 5) is 20.8. The number of hydrogen-bond donors (Lipinski definition) is 2. The Hall–Kier alpha value is -2.61. The van der Waals surface area contributed by atoms with E-state index in [9.17, 15) is 10.1 Å². The highest BCUT2D eigenvalue weighted by atomic mass is 35.5. The standard InChI is InChI=1S/C14H17ClN6O2/c1-3-20(4-2)14-18-12(16)11(21(22)23)13(19-14)17-10-7-5-9(15)6-8-10/h5-8H,3-4H2,1-2H3,(H3,16,17,18,19). The fraction of sp³-hybridized carbons (Fsp3) is 0.286. The second-order valence-electron chi connectivity index (χ2n) is 4.67. The third-order valence-corrected chi connectivity index (χ3v) is 3.49. The first-order valence-corrected chi connectivity index (χ1v) is 7.43. The molecule has 0 saturated carbocycles. The van der Waals surface area contributed by atoms with Crippen LogP contribution in [-0.4, -0.2) is 28.0 Å². The first-order chi connectivity index (χ1) is 11.0. The summed E-state index contributed by atoms with van der Waals surface area (Å²) in [6.45, 7) is 5.20. The van der Waals surface area contributed by atoms with E-state index in [0.717, 1.165) is 0 Å². The van der Waals surface area contributed by atoms with Crippen LogP contribution in [0.25, 0.3) is 0 Å². The lowest BCUT2D eigenvalue weighted by Crippen LogP contribution is -2.25. The second kappa shape index (κ2) is 7.10. The van der Waals surface area contributed by atoms with Crippen molar-refractivity contribution in [1.29, 1.82) is 0 Å². The van der Waals surface area contributed by atoms with Crippen LogP contribution in [0.2, 0.25) is 5.02 Å². The molecule has 2 aromatic rings. The van der Waals surface area contributed by atoms with Gasteiger partial charge in [-0.3, -0.25) is 10.1 Å². The lowest BCUT2D eigenvalue weighted by molar-refractivity contribution is -0.383. The maximum Gasteiger partial charge on any atom is 0.353 e. The Bertz CT molecular complexity index is 703. The van der Waals surface area contributed by atoms with E-state index in [4.69, 9.17) is 17.3 Å². The molecule has 23 heavy (non-hydrogen) atoms. The Morgan fingerprint density at radius 2 is 1.87 bits per heavy atom. The molecule has 0 amide bonds. The summed E-state index contributed by atoms with van der Waals surface area (Å²) in [6.07, 6.45) is 0. The van der Waals surface area contributed by atoms with E-state index in [1.54, 1.807) is 24.3 Å². The van der Waals surface area contributed by atoms with Crippen molar-refractivity contribution in [1.82, 2.24) is 9.97 Å². The van der Waals surface area contributed by atoms with E-state index in [1.807, 2.05) is 18.7 Å². The van der Waals surface area contributed by atoms with E-state index in [1.165, 1.54) is 0 Å². The third kappa shape index (κ3) is 3.78. The number of halogens is 1. The number of nitrogens with zero attached hydrogens (tertiary/aromatic N) is 4. The van der Waals surface area contributed by atoms with Crippen LogP contribution in [0.5, 0.6) is 0 Å². The van der Waals surface area contributed by atoms with Crippen molar-refractivity contribution in [3.05, 3.63) is 39.4 Å². The zero-order chi connectivity index (χ0) is 17.0. The van der Waals surface area contributed by atoms with Crippen molar-refractivity contribution >= 4 is 40.6 Å². The summed E-state index contributed by atoms with van der Waals surface area (Å²) in [6, 6.07) is 6.74. The monoisotopic (exact) mass is 336 g/mol. The smallest absolute Gasteiger partial charge is 0.353 e. The highest BCUT2D eigenvalue weighted by Gasteiger charge is 2.24. The number of nitrogens with two attached hydrogens (primary N) is 1. The molecule has 3 N–H and O–H groups in total. The van der Waals surface area contributed by atoms with Crippen LogP contribution in [0, 0.1) is 10.1 Å². The molecule has 0 spiro atoms. The average molecular weight is 337 g/mol. The van der Waals surface area contributed by atoms with Crippen molar-refractivity contribution in [2.24, 2.45) is 0 Å². The molecule has 0 aliphatic heterocycles. The van der Waals surface area contributed by atoms with Crippen molar-refractivity contribution in [3.8, 4) is 0 Å². The topological polar surface area (TPSA) is 110 Å². The Morgan fingerprint density at radius 3 is 2.39 bits per heavy atom. The maximum atomic E-state index is 11.3. The molecule has 0 fully saturated rings. The number of nitrogen functional groups attached to an aromatic ring is 1. The van der Waals surface area contributed by atoms with Gasteiger partial charge in [0.15, 0.2) is 0 Å². The van der Waals surface area contributed by atoms with E-state index >= 15 is 0 Å². The molecule has 0 radical (unpaired) electrons. The van der Waals surface area contributed by atoms with Crippen LogP contribution < -0.4 is 16.0 Å². The van der Waals surface area contributed by atoms with Crippen molar-refractivity contribution < 1.29 is 4.92 Å². The highest BCUT2D eigenvalue weighted by molar-refractivity contribution is 6.30. The molecule has 2 rings (SSSR count). The van der Waals surface area contributed by atoms with Gasteiger partial charge in [-0.25, -0.2) is 0 Å². The van der Waals surface area contributed by atoms with Gasteiger partial charge in [0, 0.05) is 23.8 Å².